The Labute approximate surface area is 342 Å². The van der Waals surface area contributed by atoms with Crippen LogP contribution in [0.2, 0.25) is 0 Å². The third kappa shape index (κ3) is 18.5. The van der Waals surface area contributed by atoms with E-state index < -0.39 is 42.1 Å². The topological polar surface area (TPSA) is 227 Å². The molecule has 0 fully saturated rings. The summed E-state index contributed by atoms with van der Waals surface area (Å²) in [4.78, 5) is 74.9. The molecule has 15 nitrogen and oxygen atoms in total. The van der Waals surface area contributed by atoms with Crippen LogP contribution in [0.5, 0.6) is 17.2 Å². The zero-order valence-corrected chi connectivity index (χ0v) is 35.4. The highest BCUT2D eigenvalue weighted by molar-refractivity contribution is 5.77. The molecule has 1 aliphatic rings. The van der Waals surface area contributed by atoms with Crippen molar-refractivity contribution in [3.8, 4) is 17.2 Å². The first-order valence-corrected chi connectivity index (χ1v) is 20.2. The van der Waals surface area contributed by atoms with Gasteiger partial charge in [-0.05, 0) is 87.4 Å². The number of ether oxygens (including phenoxy) is 3. The van der Waals surface area contributed by atoms with E-state index in [1.54, 1.807) is 0 Å². The highest BCUT2D eigenvalue weighted by atomic mass is 16.6. The number of allylic oxidation sites excluding steroid dienone is 3. The smallest absolute Gasteiger partial charge is 0.412 e. The van der Waals surface area contributed by atoms with Gasteiger partial charge in [-0.1, -0.05) is 65.3 Å². The number of hydrogen-bond acceptors (Lipinski definition) is 9. The number of carbonyl (C=O) groups is 6. The van der Waals surface area contributed by atoms with Gasteiger partial charge in [0.15, 0.2) is 0 Å². The highest BCUT2D eigenvalue weighted by Crippen LogP contribution is 2.48. The second-order valence-electron chi connectivity index (χ2n) is 17.0. The number of nitrogens with one attached hydrogen (secondary N) is 3. The van der Waals surface area contributed by atoms with Gasteiger partial charge >= 0.3 is 36.2 Å². The zero-order valence-electron chi connectivity index (χ0n) is 35.4. The average Bonchev–Trinajstić information content (AvgIpc) is 3.07. The fourth-order valence-electron chi connectivity index (χ4n) is 7.59. The van der Waals surface area contributed by atoms with Crippen molar-refractivity contribution >= 4 is 36.2 Å². The molecule has 5 atom stereocenters. The van der Waals surface area contributed by atoms with E-state index in [4.69, 9.17) is 14.2 Å². The molecule has 6 N–H and O–H groups in total. The molecular weight excluding hydrogens is 750 g/mol. The first-order valence-electron chi connectivity index (χ1n) is 20.2. The molecule has 2 rings (SSSR count). The van der Waals surface area contributed by atoms with Gasteiger partial charge in [0.2, 0.25) is 0 Å². The van der Waals surface area contributed by atoms with Crippen LogP contribution in [-0.4, -0.2) is 71.1 Å². The second-order valence-corrected chi connectivity index (χ2v) is 17.0. The number of aliphatic carboxylic acids is 3. The lowest BCUT2D eigenvalue weighted by Crippen LogP contribution is -2.35. The molecule has 1 aliphatic carbocycles. The molecule has 0 saturated carbocycles. The molecule has 1 aromatic rings. The summed E-state index contributed by atoms with van der Waals surface area (Å²) in [5.74, 6) is -4.74. The van der Waals surface area contributed by atoms with Crippen LogP contribution < -0.4 is 30.2 Å². The van der Waals surface area contributed by atoms with Crippen molar-refractivity contribution in [3.05, 3.63) is 41.5 Å². The second kappa shape index (κ2) is 24.0. The summed E-state index contributed by atoms with van der Waals surface area (Å²) in [7, 11) is 0. The lowest BCUT2D eigenvalue weighted by molar-refractivity contribution is -0.139. The first-order chi connectivity index (χ1) is 27.1. The fourth-order valence-corrected chi connectivity index (χ4v) is 7.59. The van der Waals surface area contributed by atoms with E-state index in [0.29, 0.717) is 25.7 Å². The lowest BCUT2D eigenvalue weighted by atomic mass is 9.74. The summed E-state index contributed by atoms with van der Waals surface area (Å²) in [5, 5.41) is 36.3. The Kier molecular flexibility index (Phi) is 20.3. The standard InChI is InChI=1S/C43H65N3O12/c1-24(2)12-29(16-37(47)48)21-44-41(53)56-32-19-35(57-42(54)45-22-30(13-25(3)4)17-38(49)50)40(34-15-28(9)10-11-33(34)27(7)8)36(20-32)58-43(55)46-23-31(14-26(5)6)18-39(51)52/h15,19-20,24-26,29-31,33-34H,7,10-14,16-18,21-23H2,1-6,8-9H3,(H,44,53)(H,45,54)(H,46,55)(H,47,48)(H,49,50)(H,51,52)/t29-,30-,31-,33-,34+/m0/s1. The first kappa shape index (κ1) is 49.1. The van der Waals surface area contributed by atoms with Crippen LogP contribution in [-0.2, 0) is 14.4 Å². The molecule has 0 saturated heterocycles. The van der Waals surface area contributed by atoms with Crippen LogP contribution in [0.25, 0.3) is 0 Å². The van der Waals surface area contributed by atoms with Crippen LogP contribution in [0.4, 0.5) is 14.4 Å². The Hall–Kier alpha value is -5.08. The minimum Gasteiger partial charge on any atom is -0.481 e. The van der Waals surface area contributed by atoms with Gasteiger partial charge < -0.3 is 45.5 Å². The minimum atomic E-state index is -1.01. The Bertz CT molecular complexity index is 1570. The zero-order chi connectivity index (χ0) is 43.7. The maximum Gasteiger partial charge on any atom is 0.412 e. The van der Waals surface area contributed by atoms with Gasteiger partial charge in [0, 0.05) is 62.5 Å². The highest BCUT2D eigenvalue weighted by Gasteiger charge is 2.34. The quantitative estimate of drug-likeness (QED) is 0.0573. The van der Waals surface area contributed by atoms with E-state index in [-0.39, 0.29) is 103 Å². The number of benzene rings is 1. The number of rotatable bonds is 23. The summed E-state index contributed by atoms with van der Waals surface area (Å²) in [6, 6.07) is 2.65. The minimum absolute atomic E-state index is 0.00160. The van der Waals surface area contributed by atoms with Crippen molar-refractivity contribution in [3.63, 3.8) is 0 Å². The Morgan fingerprint density at radius 3 is 1.36 bits per heavy atom. The Balaban J connectivity index is 2.66. The van der Waals surface area contributed by atoms with Crippen LogP contribution in [0.1, 0.15) is 118 Å². The molecule has 0 heterocycles. The van der Waals surface area contributed by atoms with Crippen molar-refractivity contribution in [1.29, 1.82) is 0 Å². The van der Waals surface area contributed by atoms with Crippen molar-refractivity contribution < 1.29 is 58.3 Å². The van der Waals surface area contributed by atoms with Crippen LogP contribution in [0, 0.1) is 41.4 Å². The van der Waals surface area contributed by atoms with Gasteiger partial charge in [-0.15, -0.1) is 0 Å². The SMILES string of the molecule is C=C(C)[C@@H]1CCC(C)=C[C@H]1c1c(OC(=O)NC[C@H](CC(=O)O)CC(C)C)cc(OC(=O)NC[C@H](CC(=O)O)CC(C)C)cc1OC(=O)NC[C@H](CC(=O)O)CC(C)C. The van der Waals surface area contributed by atoms with Gasteiger partial charge in [-0.2, -0.15) is 0 Å². The fraction of sp³-hybridized carbons (Fsp3) is 0.628. The summed E-state index contributed by atoms with van der Waals surface area (Å²) in [6.45, 7) is 19.7. The van der Waals surface area contributed by atoms with Crippen molar-refractivity contribution in [2.24, 2.45) is 41.4 Å². The Morgan fingerprint density at radius 2 is 1.03 bits per heavy atom. The number of carboxylic acids is 3. The predicted octanol–water partition coefficient (Wildman–Crippen LogP) is 8.38. The van der Waals surface area contributed by atoms with Crippen molar-refractivity contribution in [2.45, 2.75) is 113 Å². The summed E-state index contributed by atoms with van der Waals surface area (Å²) in [6.07, 6.45) is 1.76. The van der Waals surface area contributed by atoms with E-state index in [9.17, 15) is 44.1 Å². The summed E-state index contributed by atoms with van der Waals surface area (Å²) < 4.78 is 17.5. The van der Waals surface area contributed by atoms with Gasteiger partial charge in [-0.3, -0.25) is 14.4 Å². The molecule has 0 bridgehead atoms. The maximum absolute atomic E-state index is 13.5. The molecule has 0 radical (unpaired) electrons. The maximum atomic E-state index is 13.5. The molecule has 0 spiro atoms. The van der Waals surface area contributed by atoms with E-state index >= 15 is 0 Å². The van der Waals surface area contributed by atoms with Crippen LogP contribution >= 0.6 is 0 Å². The average molecular weight is 816 g/mol. The molecule has 0 unspecified atom stereocenters. The van der Waals surface area contributed by atoms with Gasteiger partial charge in [0.05, 0.1) is 0 Å². The normalized spacial score (nSPS) is 16.8. The molecule has 58 heavy (non-hydrogen) atoms. The third-order valence-corrected chi connectivity index (χ3v) is 9.82. The predicted molar refractivity (Wildman–Crippen MR) is 218 cm³/mol. The molecule has 324 valence electrons. The number of carbonyl (C=O) groups excluding carboxylic acids is 3. The van der Waals surface area contributed by atoms with Gasteiger partial charge in [0.25, 0.3) is 0 Å². The van der Waals surface area contributed by atoms with Gasteiger partial charge in [-0.25, -0.2) is 14.4 Å². The largest absolute Gasteiger partial charge is 0.481 e. The molecule has 1 aromatic carbocycles. The van der Waals surface area contributed by atoms with E-state index in [0.717, 1.165) is 17.6 Å². The summed E-state index contributed by atoms with van der Waals surface area (Å²) >= 11 is 0. The van der Waals surface area contributed by atoms with E-state index in [1.807, 2.05) is 61.5 Å². The Morgan fingerprint density at radius 1 is 0.672 bits per heavy atom. The van der Waals surface area contributed by atoms with Crippen LogP contribution in [0.15, 0.2) is 35.9 Å². The monoisotopic (exact) mass is 815 g/mol. The number of hydrogen-bond donors (Lipinski definition) is 6. The van der Waals surface area contributed by atoms with Crippen molar-refractivity contribution in [2.75, 3.05) is 19.6 Å². The van der Waals surface area contributed by atoms with E-state index in [2.05, 4.69) is 22.5 Å². The molecular formula is C43H65N3O12. The summed E-state index contributed by atoms with van der Waals surface area (Å²) in [5.41, 5.74) is 2.14. The van der Waals surface area contributed by atoms with E-state index in [1.165, 1.54) is 12.1 Å². The molecule has 0 aromatic heterocycles. The lowest BCUT2D eigenvalue weighted by Gasteiger charge is -2.32. The number of carboxylic acid groups (broad SMARTS) is 3. The van der Waals surface area contributed by atoms with Gasteiger partial charge in [0.1, 0.15) is 17.2 Å². The van der Waals surface area contributed by atoms with Crippen LogP contribution in [0.3, 0.4) is 0 Å². The molecule has 15 heteroatoms. The third-order valence-electron chi connectivity index (χ3n) is 9.82. The van der Waals surface area contributed by atoms with Crippen molar-refractivity contribution in [1.82, 2.24) is 16.0 Å². The molecule has 0 aliphatic heterocycles. The molecule has 3 amide bonds. The number of amides is 3.